The molecule has 1 heterocycles. The van der Waals surface area contributed by atoms with Crippen molar-refractivity contribution in [2.45, 2.75) is 64.1 Å². The van der Waals surface area contributed by atoms with Crippen LogP contribution < -0.4 is 0 Å². The number of carbonyl (C=O) groups is 1. The Balaban J connectivity index is 2.00. The molecule has 2 atom stereocenters. The van der Waals surface area contributed by atoms with E-state index in [1.165, 1.54) is 6.08 Å². The monoisotopic (exact) mass is 226 g/mol. The molecule has 0 saturated heterocycles. The highest BCUT2D eigenvalue weighted by Crippen LogP contribution is 2.19. The van der Waals surface area contributed by atoms with Crippen LogP contribution in [0.25, 0.3) is 0 Å². The molecule has 0 aromatic heterocycles. The molecule has 1 aliphatic heterocycles. The molecule has 0 bridgehead atoms. The molecule has 0 spiro atoms. The van der Waals surface area contributed by atoms with E-state index in [4.69, 9.17) is 4.74 Å². The molecule has 3 heteroatoms. The van der Waals surface area contributed by atoms with Crippen LogP contribution in [0.1, 0.15) is 52.4 Å². The van der Waals surface area contributed by atoms with Crippen molar-refractivity contribution < 1.29 is 14.6 Å². The predicted molar refractivity (Wildman–Crippen MR) is 63.0 cm³/mol. The van der Waals surface area contributed by atoms with Crippen LogP contribution in [0.3, 0.4) is 0 Å². The zero-order valence-corrected chi connectivity index (χ0v) is 10.2. The largest absolute Gasteiger partial charge is 0.455 e. The fraction of sp³-hybridized carbons (Fsp3) is 0.769. The van der Waals surface area contributed by atoms with Crippen LogP contribution in [0.5, 0.6) is 0 Å². The van der Waals surface area contributed by atoms with Crippen molar-refractivity contribution in [2.75, 3.05) is 0 Å². The van der Waals surface area contributed by atoms with E-state index in [0.717, 1.165) is 38.5 Å². The summed E-state index contributed by atoms with van der Waals surface area (Å²) in [6, 6.07) is 0. The van der Waals surface area contributed by atoms with Gasteiger partial charge in [0, 0.05) is 6.08 Å². The molecule has 3 nitrogen and oxygen atoms in total. The third kappa shape index (κ3) is 4.79. The van der Waals surface area contributed by atoms with Crippen LogP contribution in [0, 0.1) is 0 Å². The fourth-order valence-electron chi connectivity index (χ4n) is 1.77. The molecular formula is C13H22O3. The molecule has 0 aliphatic carbocycles. The van der Waals surface area contributed by atoms with Crippen molar-refractivity contribution in [2.24, 2.45) is 0 Å². The Morgan fingerprint density at radius 2 is 2.19 bits per heavy atom. The van der Waals surface area contributed by atoms with Crippen molar-refractivity contribution in [1.29, 1.82) is 0 Å². The van der Waals surface area contributed by atoms with Gasteiger partial charge in [0.2, 0.25) is 0 Å². The molecule has 0 unspecified atom stereocenters. The molecule has 0 aromatic rings. The van der Waals surface area contributed by atoms with Crippen LogP contribution in [0.15, 0.2) is 12.2 Å². The Morgan fingerprint density at radius 3 is 2.75 bits per heavy atom. The number of hydrogen-bond acceptors (Lipinski definition) is 3. The number of ether oxygens (including phenoxy) is 1. The molecule has 0 amide bonds. The maximum absolute atomic E-state index is 10.8. The lowest BCUT2D eigenvalue weighted by molar-refractivity contribution is -0.138. The second-order valence-corrected chi connectivity index (χ2v) is 4.78. The SMILES string of the molecule is CC[C@](C)(O)CCCCC[C@H]1C=CC(=O)O1. The van der Waals surface area contributed by atoms with Gasteiger partial charge in [0.1, 0.15) is 6.10 Å². The summed E-state index contributed by atoms with van der Waals surface area (Å²) in [7, 11) is 0. The van der Waals surface area contributed by atoms with Crippen LogP contribution in [-0.2, 0) is 9.53 Å². The smallest absolute Gasteiger partial charge is 0.331 e. The van der Waals surface area contributed by atoms with Gasteiger partial charge in [-0.3, -0.25) is 0 Å². The van der Waals surface area contributed by atoms with Gasteiger partial charge in [-0.1, -0.05) is 19.8 Å². The van der Waals surface area contributed by atoms with Crippen LogP contribution >= 0.6 is 0 Å². The van der Waals surface area contributed by atoms with Crippen LogP contribution in [0.4, 0.5) is 0 Å². The van der Waals surface area contributed by atoms with E-state index in [9.17, 15) is 9.90 Å². The third-order valence-corrected chi connectivity index (χ3v) is 3.18. The van der Waals surface area contributed by atoms with Gasteiger partial charge in [0.05, 0.1) is 5.60 Å². The fourth-order valence-corrected chi connectivity index (χ4v) is 1.77. The lowest BCUT2D eigenvalue weighted by Gasteiger charge is -2.20. The first-order valence-corrected chi connectivity index (χ1v) is 6.15. The quantitative estimate of drug-likeness (QED) is 0.536. The van der Waals surface area contributed by atoms with E-state index in [1.807, 2.05) is 19.9 Å². The molecular weight excluding hydrogens is 204 g/mol. The van der Waals surface area contributed by atoms with E-state index < -0.39 is 5.60 Å². The van der Waals surface area contributed by atoms with Gasteiger partial charge >= 0.3 is 5.97 Å². The Kier molecular flexibility index (Phi) is 5.00. The number of aliphatic hydroxyl groups is 1. The van der Waals surface area contributed by atoms with Gasteiger partial charge in [-0.25, -0.2) is 4.79 Å². The minimum atomic E-state index is -0.514. The summed E-state index contributed by atoms with van der Waals surface area (Å²) < 4.78 is 5.03. The van der Waals surface area contributed by atoms with Crippen molar-refractivity contribution in [3.05, 3.63) is 12.2 Å². The first kappa shape index (κ1) is 13.2. The molecule has 16 heavy (non-hydrogen) atoms. The van der Waals surface area contributed by atoms with Crippen molar-refractivity contribution in [1.82, 2.24) is 0 Å². The van der Waals surface area contributed by atoms with Gasteiger partial charge in [-0.15, -0.1) is 0 Å². The Bertz CT molecular complexity index is 256. The van der Waals surface area contributed by atoms with E-state index in [0.29, 0.717) is 0 Å². The lowest BCUT2D eigenvalue weighted by Crippen LogP contribution is -2.22. The topological polar surface area (TPSA) is 46.5 Å². The summed E-state index contributed by atoms with van der Waals surface area (Å²) in [5.74, 6) is -0.223. The minimum Gasteiger partial charge on any atom is -0.455 e. The number of carbonyl (C=O) groups excluding carboxylic acids is 1. The second-order valence-electron chi connectivity index (χ2n) is 4.78. The second kappa shape index (κ2) is 6.04. The number of esters is 1. The zero-order valence-electron chi connectivity index (χ0n) is 10.2. The lowest BCUT2D eigenvalue weighted by atomic mass is 9.95. The summed E-state index contributed by atoms with van der Waals surface area (Å²) >= 11 is 0. The van der Waals surface area contributed by atoms with Gasteiger partial charge in [-0.2, -0.15) is 0 Å². The summed E-state index contributed by atoms with van der Waals surface area (Å²) in [5, 5.41) is 9.79. The summed E-state index contributed by atoms with van der Waals surface area (Å²) in [6.45, 7) is 3.89. The first-order chi connectivity index (χ1) is 7.53. The average molecular weight is 226 g/mol. The maximum atomic E-state index is 10.8. The molecule has 1 N–H and O–H groups in total. The molecule has 92 valence electrons. The zero-order chi connectivity index (χ0) is 12.0. The van der Waals surface area contributed by atoms with E-state index in [2.05, 4.69) is 0 Å². The third-order valence-electron chi connectivity index (χ3n) is 3.18. The summed E-state index contributed by atoms with van der Waals surface area (Å²) in [6.07, 6.45) is 9.01. The molecule has 1 rings (SSSR count). The van der Waals surface area contributed by atoms with Crippen molar-refractivity contribution >= 4 is 5.97 Å². The summed E-state index contributed by atoms with van der Waals surface area (Å²) in [5.41, 5.74) is -0.514. The van der Waals surface area contributed by atoms with Gasteiger partial charge in [0.15, 0.2) is 0 Å². The highest BCUT2D eigenvalue weighted by atomic mass is 16.5. The molecule has 1 aliphatic rings. The molecule has 0 radical (unpaired) electrons. The highest BCUT2D eigenvalue weighted by Gasteiger charge is 2.17. The van der Waals surface area contributed by atoms with Crippen molar-refractivity contribution in [3.63, 3.8) is 0 Å². The van der Waals surface area contributed by atoms with Crippen molar-refractivity contribution in [3.8, 4) is 0 Å². The molecule has 0 saturated carbocycles. The van der Waals surface area contributed by atoms with Gasteiger partial charge in [-0.05, 0) is 38.7 Å². The normalized spacial score (nSPS) is 23.2. The van der Waals surface area contributed by atoms with E-state index >= 15 is 0 Å². The van der Waals surface area contributed by atoms with Gasteiger partial charge in [0.25, 0.3) is 0 Å². The Labute approximate surface area is 97.5 Å². The van der Waals surface area contributed by atoms with E-state index in [-0.39, 0.29) is 12.1 Å². The van der Waals surface area contributed by atoms with Crippen LogP contribution in [-0.4, -0.2) is 22.8 Å². The van der Waals surface area contributed by atoms with Crippen LogP contribution in [0.2, 0.25) is 0 Å². The van der Waals surface area contributed by atoms with E-state index in [1.54, 1.807) is 0 Å². The summed E-state index contributed by atoms with van der Waals surface area (Å²) in [4.78, 5) is 10.8. The van der Waals surface area contributed by atoms with Gasteiger partial charge < -0.3 is 9.84 Å². The standard InChI is InChI=1S/C13H22O3/c1-3-13(2,15)10-6-4-5-7-11-8-9-12(14)16-11/h8-9,11,15H,3-7,10H2,1-2H3/t11-,13-/m0/s1. The minimum absolute atomic E-state index is 0.0146. The Hall–Kier alpha value is -0.830. The first-order valence-electron chi connectivity index (χ1n) is 6.15. The number of cyclic esters (lactones) is 1. The number of hydrogen-bond donors (Lipinski definition) is 1. The highest BCUT2D eigenvalue weighted by molar-refractivity contribution is 5.84. The number of unbranched alkanes of at least 4 members (excludes halogenated alkanes) is 2. The Morgan fingerprint density at radius 1 is 1.44 bits per heavy atom. The average Bonchev–Trinajstić information content (AvgIpc) is 2.64. The predicted octanol–water partition coefficient (Wildman–Crippen LogP) is 2.58. The number of rotatable bonds is 7. The molecule has 0 aromatic carbocycles. The molecule has 0 fully saturated rings. The maximum Gasteiger partial charge on any atom is 0.331 e.